The standard InChI is InChI=1S/C20H34N4O3/c1-15(16-10-7-8-11-17(16)26-6)14-24-18(21-5)22-12-9-13-23-19(25)27-20(2,3)4/h7-8,10-11,15H,9,12-14H2,1-6H3,(H,23,25)(H2,21,22,24). The first kappa shape index (κ1) is 22.6. The first-order chi connectivity index (χ1) is 12.8. The van der Waals surface area contributed by atoms with E-state index in [-0.39, 0.29) is 5.92 Å². The molecule has 1 aromatic rings. The molecule has 3 N–H and O–H groups in total. The summed E-state index contributed by atoms with van der Waals surface area (Å²) in [7, 11) is 3.42. The molecule has 0 aliphatic heterocycles. The van der Waals surface area contributed by atoms with Gasteiger partial charge in [-0.25, -0.2) is 4.79 Å². The molecule has 0 saturated carbocycles. The van der Waals surface area contributed by atoms with Gasteiger partial charge in [0.1, 0.15) is 11.4 Å². The van der Waals surface area contributed by atoms with Gasteiger partial charge in [-0.2, -0.15) is 0 Å². The lowest BCUT2D eigenvalue weighted by Crippen LogP contribution is -2.40. The number of aliphatic imine (C=N–C) groups is 1. The molecule has 0 radical (unpaired) electrons. The van der Waals surface area contributed by atoms with Crippen LogP contribution in [0.2, 0.25) is 0 Å². The SMILES string of the molecule is CN=C(NCCCNC(=O)OC(C)(C)C)NCC(C)c1ccccc1OC. The summed E-state index contributed by atoms with van der Waals surface area (Å²) in [6.07, 6.45) is 0.373. The smallest absolute Gasteiger partial charge is 0.407 e. The number of nitrogens with one attached hydrogen (secondary N) is 3. The van der Waals surface area contributed by atoms with Crippen LogP contribution in [0.25, 0.3) is 0 Å². The molecule has 0 aliphatic carbocycles. The number of guanidine groups is 1. The first-order valence-electron chi connectivity index (χ1n) is 9.31. The molecule has 7 heteroatoms. The van der Waals surface area contributed by atoms with Crippen molar-refractivity contribution in [3.05, 3.63) is 29.8 Å². The number of carbonyl (C=O) groups excluding carboxylic acids is 1. The Hall–Kier alpha value is -2.44. The molecule has 7 nitrogen and oxygen atoms in total. The third-order valence-corrected chi connectivity index (χ3v) is 3.78. The highest BCUT2D eigenvalue weighted by Crippen LogP contribution is 2.25. The lowest BCUT2D eigenvalue weighted by atomic mass is 10.0. The largest absolute Gasteiger partial charge is 0.496 e. The van der Waals surface area contributed by atoms with Crippen LogP contribution in [-0.4, -0.2) is 51.4 Å². The molecule has 0 heterocycles. The molecule has 1 amide bonds. The lowest BCUT2D eigenvalue weighted by molar-refractivity contribution is 0.0527. The van der Waals surface area contributed by atoms with Gasteiger partial charge in [0.25, 0.3) is 0 Å². The molecule has 1 aromatic carbocycles. The van der Waals surface area contributed by atoms with Gasteiger partial charge in [-0.05, 0) is 38.8 Å². The molecule has 152 valence electrons. The number of rotatable bonds is 8. The van der Waals surface area contributed by atoms with E-state index in [0.29, 0.717) is 13.1 Å². The lowest BCUT2D eigenvalue weighted by Gasteiger charge is -2.20. The Balaban J connectivity index is 2.30. The summed E-state index contributed by atoms with van der Waals surface area (Å²) in [4.78, 5) is 15.8. The molecule has 0 aromatic heterocycles. The minimum Gasteiger partial charge on any atom is -0.496 e. The molecule has 0 bridgehead atoms. The molecule has 1 rings (SSSR count). The number of hydrogen-bond donors (Lipinski definition) is 3. The van der Waals surface area contributed by atoms with Crippen molar-refractivity contribution in [1.82, 2.24) is 16.0 Å². The Morgan fingerprint density at radius 1 is 1.15 bits per heavy atom. The van der Waals surface area contributed by atoms with Gasteiger partial charge < -0.3 is 25.4 Å². The summed E-state index contributed by atoms with van der Waals surface area (Å²) < 4.78 is 10.6. The van der Waals surface area contributed by atoms with Crippen molar-refractivity contribution >= 4 is 12.1 Å². The van der Waals surface area contributed by atoms with E-state index in [1.54, 1.807) is 14.2 Å². The normalized spacial score (nSPS) is 12.9. The maximum absolute atomic E-state index is 11.6. The quantitative estimate of drug-likeness (QED) is 0.368. The van der Waals surface area contributed by atoms with E-state index in [4.69, 9.17) is 9.47 Å². The molecule has 0 saturated heterocycles. The van der Waals surface area contributed by atoms with Crippen LogP contribution in [-0.2, 0) is 4.74 Å². The second-order valence-corrected chi connectivity index (χ2v) is 7.31. The first-order valence-corrected chi connectivity index (χ1v) is 9.31. The van der Waals surface area contributed by atoms with Gasteiger partial charge in [0.15, 0.2) is 5.96 Å². The van der Waals surface area contributed by atoms with Gasteiger partial charge in [0.05, 0.1) is 7.11 Å². The Kier molecular flexibility index (Phi) is 9.47. The zero-order valence-electron chi connectivity index (χ0n) is 17.4. The Morgan fingerprint density at radius 3 is 2.44 bits per heavy atom. The van der Waals surface area contributed by atoms with Crippen molar-refractivity contribution in [3.8, 4) is 5.75 Å². The zero-order chi connectivity index (χ0) is 20.3. The molecule has 0 aliphatic rings. The maximum atomic E-state index is 11.6. The van der Waals surface area contributed by atoms with E-state index in [1.807, 2.05) is 39.0 Å². The number of carbonyl (C=O) groups is 1. The number of ether oxygens (including phenoxy) is 2. The fourth-order valence-electron chi connectivity index (χ4n) is 2.45. The van der Waals surface area contributed by atoms with Crippen LogP contribution in [0.3, 0.4) is 0 Å². The highest BCUT2D eigenvalue weighted by Gasteiger charge is 2.15. The van der Waals surface area contributed by atoms with Crippen molar-refractivity contribution in [2.24, 2.45) is 4.99 Å². The van der Waals surface area contributed by atoms with Crippen molar-refractivity contribution in [3.63, 3.8) is 0 Å². The van der Waals surface area contributed by atoms with Crippen LogP contribution in [0.1, 0.15) is 45.6 Å². The van der Waals surface area contributed by atoms with Crippen molar-refractivity contribution in [1.29, 1.82) is 0 Å². The fourth-order valence-corrected chi connectivity index (χ4v) is 2.45. The minimum absolute atomic E-state index is 0.272. The van der Waals surface area contributed by atoms with Crippen molar-refractivity contribution in [2.75, 3.05) is 33.8 Å². The number of benzene rings is 1. The number of amides is 1. The molecule has 1 unspecified atom stereocenters. The average molecular weight is 379 g/mol. The summed E-state index contributed by atoms with van der Waals surface area (Å²) >= 11 is 0. The van der Waals surface area contributed by atoms with Gasteiger partial charge in [0.2, 0.25) is 0 Å². The van der Waals surface area contributed by atoms with E-state index < -0.39 is 11.7 Å². The summed E-state index contributed by atoms with van der Waals surface area (Å²) in [6, 6.07) is 8.02. The Labute approximate surface area is 162 Å². The number of nitrogens with zero attached hydrogens (tertiary/aromatic N) is 1. The summed E-state index contributed by atoms with van der Waals surface area (Å²) in [6.45, 7) is 9.63. The van der Waals surface area contributed by atoms with Crippen LogP contribution in [0.4, 0.5) is 4.79 Å². The fraction of sp³-hybridized carbons (Fsp3) is 0.600. The summed E-state index contributed by atoms with van der Waals surface area (Å²) in [5.74, 6) is 1.89. The van der Waals surface area contributed by atoms with Crippen LogP contribution < -0.4 is 20.7 Å². The van der Waals surface area contributed by atoms with Crippen LogP contribution in [0.5, 0.6) is 5.75 Å². The molecule has 27 heavy (non-hydrogen) atoms. The maximum Gasteiger partial charge on any atom is 0.407 e. The third-order valence-electron chi connectivity index (χ3n) is 3.78. The summed E-state index contributed by atoms with van der Waals surface area (Å²) in [5, 5.41) is 9.30. The van der Waals surface area contributed by atoms with E-state index >= 15 is 0 Å². The summed E-state index contributed by atoms with van der Waals surface area (Å²) in [5.41, 5.74) is 0.677. The Morgan fingerprint density at radius 2 is 1.81 bits per heavy atom. The van der Waals surface area contributed by atoms with Crippen LogP contribution in [0, 0.1) is 0 Å². The van der Waals surface area contributed by atoms with E-state index in [9.17, 15) is 4.79 Å². The zero-order valence-corrected chi connectivity index (χ0v) is 17.4. The molecule has 0 fully saturated rings. The van der Waals surface area contributed by atoms with E-state index in [1.165, 1.54) is 0 Å². The van der Waals surface area contributed by atoms with Gasteiger partial charge in [0, 0.05) is 32.6 Å². The Bertz CT molecular complexity index is 611. The second kappa shape index (κ2) is 11.3. The minimum atomic E-state index is -0.480. The van der Waals surface area contributed by atoms with Gasteiger partial charge in [-0.1, -0.05) is 25.1 Å². The van der Waals surface area contributed by atoms with Gasteiger partial charge >= 0.3 is 6.09 Å². The van der Waals surface area contributed by atoms with Crippen LogP contribution in [0.15, 0.2) is 29.3 Å². The van der Waals surface area contributed by atoms with Gasteiger partial charge in [-0.15, -0.1) is 0 Å². The molecule has 0 spiro atoms. The van der Waals surface area contributed by atoms with Crippen LogP contribution >= 0.6 is 0 Å². The molecular weight excluding hydrogens is 344 g/mol. The molecule has 1 atom stereocenters. The van der Waals surface area contributed by atoms with Crippen molar-refractivity contribution in [2.45, 2.75) is 45.6 Å². The van der Waals surface area contributed by atoms with Gasteiger partial charge in [-0.3, -0.25) is 4.99 Å². The monoisotopic (exact) mass is 378 g/mol. The highest BCUT2D eigenvalue weighted by atomic mass is 16.6. The van der Waals surface area contributed by atoms with E-state index in [2.05, 4.69) is 33.9 Å². The predicted octanol–water partition coefficient (Wildman–Crippen LogP) is 2.88. The third kappa shape index (κ3) is 9.17. The van der Waals surface area contributed by atoms with Crippen molar-refractivity contribution < 1.29 is 14.3 Å². The number of alkyl carbamates (subject to hydrolysis) is 1. The average Bonchev–Trinajstić information content (AvgIpc) is 2.62. The number of para-hydroxylation sites is 1. The molecular formula is C20H34N4O3. The number of hydrogen-bond acceptors (Lipinski definition) is 4. The second-order valence-electron chi connectivity index (χ2n) is 7.31. The highest BCUT2D eigenvalue weighted by molar-refractivity contribution is 5.79. The van der Waals surface area contributed by atoms with E-state index in [0.717, 1.165) is 30.2 Å². The predicted molar refractivity (Wildman–Crippen MR) is 110 cm³/mol. The number of methoxy groups -OCH3 is 1. The topological polar surface area (TPSA) is 84.0 Å².